The molecule has 0 radical (unpaired) electrons. The zero-order valence-electron chi connectivity index (χ0n) is 18.3. The molecule has 0 amide bonds. The second-order valence-corrected chi connectivity index (χ2v) is 15.5. The van der Waals surface area contributed by atoms with Crippen LogP contribution in [-0.2, 0) is 13.1 Å². The highest BCUT2D eigenvalue weighted by Gasteiger charge is 2.58. The Balaban J connectivity index is 1.71. The molecule has 0 spiro atoms. The number of nitrogens with zero attached hydrogens (tertiary/aromatic N) is 2. The summed E-state index contributed by atoms with van der Waals surface area (Å²) in [6, 6.07) is 19.7. The topological polar surface area (TPSA) is 6.48 Å². The third-order valence-corrected chi connectivity index (χ3v) is 13.4. The van der Waals surface area contributed by atoms with Gasteiger partial charge in [0.1, 0.15) is 0 Å². The van der Waals surface area contributed by atoms with Crippen molar-refractivity contribution in [1.82, 2.24) is 9.13 Å². The first-order valence-corrected chi connectivity index (χ1v) is 15.9. The molecule has 0 unspecified atom stereocenters. The van der Waals surface area contributed by atoms with E-state index in [4.69, 9.17) is 11.1 Å². The van der Waals surface area contributed by atoms with Gasteiger partial charge in [-0.05, 0) is 62.1 Å². The molecule has 1 saturated carbocycles. The van der Waals surface area contributed by atoms with Crippen molar-refractivity contribution >= 4 is 50.6 Å². The molecule has 0 N–H and O–H groups in total. The molecule has 4 rings (SSSR count). The van der Waals surface area contributed by atoms with E-state index in [1.54, 1.807) is 0 Å². The van der Waals surface area contributed by atoms with Crippen molar-refractivity contribution in [2.75, 3.05) is 0 Å². The first kappa shape index (κ1) is 23.7. The van der Waals surface area contributed by atoms with Crippen LogP contribution in [0.4, 0.5) is 0 Å². The predicted octanol–water partition coefficient (Wildman–Crippen LogP) is 7.98. The fourth-order valence-electron chi connectivity index (χ4n) is 5.20. The Hall–Kier alpha value is -0.433. The van der Waals surface area contributed by atoms with Crippen LogP contribution < -0.4 is 0 Å². The second-order valence-electron chi connectivity index (χ2n) is 8.96. The van der Waals surface area contributed by atoms with Gasteiger partial charge in [0.25, 0.3) is 0 Å². The van der Waals surface area contributed by atoms with Crippen molar-refractivity contribution in [3.8, 4) is 0 Å². The summed E-state index contributed by atoms with van der Waals surface area (Å²) in [5.74, 6) is 0. The molecule has 2 aliphatic rings. The lowest BCUT2D eigenvalue weighted by Crippen LogP contribution is -2.55. The molecule has 1 aliphatic heterocycles. The zero-order chi connectivity index (χ0) is 22.0. The Bertz CT molecular complexity index is 853. The van der Waals surface area contributed by atoms with Crippen LogP contribution in [0.3, 0.4) is 0 Å². The Morgan fingerprint density at radius 2 is 1.32 bits per heavy atom. The molecule has 6 heteroatoms. The Morgan fingerprint density at radius 3 is 1.71 bits per heavy atom. The summed E-state index contributed by atoms with van der Waals surface area (Å²) < 4.78 is 7.74. The van der Waals surface area contributed by atoms with E-state index in [-0.39, 0.29) is 0 Å². The van der Waals surface area contributed by atoms with Gasteiger partial charge in [-0.3, -0.25) is 9.13 Å². The van der Waals surface area contributed by atoms with E-state index >= 15 is 0 Å². The van der Waals surface area contributed by atoms with E-state index < -0.39 is 7.71 Å². The van der Waals surface area contributed by atoms with Crippen LogP contribution in [0.25, 0.3) is 0 Å². The van der Waals surface area contributed by atoms with Crippen LogP contribution in [-0.4, -0.2) is 28.9 Å². The lowest BCUT2D eigenvalue weighted by molar-refractivity contribution is 0.197. The normalized spacial score (nSPS) is 24.4. The number of halogens is 3. The van der Waals surface area contributed by atoms with Crippen molar-refractivity contribution in [1.29, 1.82) is 0 Å². The predicted molar refractivity (Wildman–Crippen MR) is 141 cm³/mol. The molecule has 2 aromatic carbocycles. The van der Waals surface area contributed by atoms with E-state index in [9.17, 15) is 0 Å². The lowest BCUT2D eigenvalue weighted by atomic mass is 9.90. The number of hydrogen-bond acceptors (Lipinski definition) is 2. The van der Waals surface area contributed by atoms with Crippen LogP contribution in [0.15, 0.2) is 69.1 Å². The number of benzene rings is 2. The molecule has 2 aromatic rings. The highest BCUT2D eigenvalue weighted by atomic mass is 79.9. The van der Waals surface area contributed by atoms with Crippen LogP contribution >= 0.6 is 42.9 Å². The number of allylic oxidation sites excluding steroid dienone is 2. The molecule has 0 bridgehead atoms. The zero-order valence-corrected chi connectivity index (χ0v) is 23.3. The molecule has 1 saturated heterocycles. The average molecular weight is 583 g/mol. The summed E-state index contributed by atoms with van der Waals surface area (Å²) >= 11 is 15.0. The smallest absolute Gasteiger partial charge is 0.291 e. The third kappa shape index (κ3) is 5.23. The van der Waals surface area contributed by atoms with E-state index in [0.29, 0.717) is 12.1 Å². The van der Waals surface area contributed by atoms with Gasteiger partial charge in [-0.2, -0.15) is 0 Å². The quantitative estimate of drug-likeness (QED) is 0.194. The minimum absolute atomic E-state index is 0.557. The average Bonchev–Trinajstić information content (AvgIpc) is 2.99. The molecule has 31 heavy (non-hydrogen) atoms. The van der Waals surface area contributed by atoms with E-state index in [0.717, 1.165) is 28.1 Å². The fourth-order valence-corrected chi connectivity index (χ4v) is 11.6. The molecular weight excluding hydrogens is 552 g/mol. The Kier molecular flexibility index (Phi) is 7.83. The van der Waals surface area contributed by atoms with Crippen molar-refractivity contribution in [3.05, 3.63) is 80.3 Å². The van der Waals surface area contributed by atoms with E-state index in [2.05, 4.69) is 109 Å². The summed E-state index contributed by atoms with van der Waals surface area (Å²) in [6.45, 7) is 6.27. The monoisotopic (exact) mass is 580 g/mol. The molecule has 0 aromatic heterocycles. The molecule has 2 fully saturated rings. The number of rotatable bonds is 6. The highest BCUT2D eigenvalue weighted by Crippen LogP contribution is 2.46. The van der Waals surface area contributed by atoms with Crippen molar-refractivity contribution in [2.24, 2.45) is 0 Å². The summed E-state index contributed by atoms with van der Waals surface area (Å²) in [5.41, 5.74) is 4.12. The SMILES string of the molecule is C/C=C(\C)C[Si]1(Cl)N(Cc2ccc(Br)cc2)[C@@H]2CCCC[C@H]2N1Cc1ccc(Br)cc1. The van der Waals surface area contributed by atoms with Crippen LogP contribution in [0.1, 0.15) is 50.7 Å². The summed E-state index contributed by atoms with van der Waals surface area (Å²) in [5, 5.41) is 0. The molecule has 2 atom stereocenters. The molecule has 1 aliphatic carbocycles. The summed E-state index contributed by atoms with van der Waals surface area (Å²) in [7, 11) is -2.40. The minimum Gasteiger partial charge on any atom is -0.291 e. The van der Waals surface area contributed by atoms with Crippen LogP contribution in [0.5, 0.6) is 0 Å². The van der Waals surface area contributed by atoms with Gasteiger partial charge in [-0.15, -0.1) is 11.1 Å². The first-order valence-electron chi connectivity index (χ1n) is 11.2. The standard InChI is InChI=1S/C25H31Br2ClN2Si/c1-3-19(2)18-31(28)29(16-20-8-12-22(26)13-9-20)24-6-4-5-7-25(24)30(31)17-21-10-14-23(27)15-11-21/h3,8-15,24-25H,4-7,16-18H2,1-2H3/b19-3+/t24-,25-/m1/s1. The summed E-state index contributed by atoms with van der Waals surface area (Å²) in [4.78, 5) is 0. The van der Waals surface area contributed by atoms with Crippen molar-refractivity contribution in [3.63, 3.8) is 0 Å². The van der Waals surface area contributed by atoms with Gasteiger partial charge in [0.05, 0.1) is 0 Å². The van der Waals surface area contributed by atoms with Crippen molar-refractivity contribution < 1.29 is 0 Å². The Morgan fingerprint density at radius 1 is 0.903 bits per heavy atom. The maximum atomic E-state index is 7.84. The van der Waals surface area contributed by atoms with Crippen molar-refractivity contribution in [2.45, 2.75) is 70.7 Å². The first-order chi connectivity index (χ1) is 14.9. The van der Waals surface area contributed by atoms with Gasteiger partial charge in [0.15, 0.2) is 0 Å². The molecule has 166 valence electrons. The van der Waals surface area contributed by atoms with Gasteiger partial charge >= 0.3 is 7.71 Å². The second kappa shape index (κ2) is 10.2. The maximum Gasteiger partial charge on any atom is 0.312 e. The summed E-state index contributed by atoms with van der Waals surface area (Å²) in [6.07, 6.45) is 7.39. The van der Waals surface area contributed by atoms with Gasteiger partial charge in [0, 0.05) is 40.2 Å². The molecular formula is C25H31Br2ClN2Si. The molecule has 2 nitrogen and oxygen atoms in total. The van der Waals surface area contributed by atoms with E-state index in [1.165, 1.54) is 42.4 Å². The largest absolute Gasteiger partial charge is 0.312 e. The third-order valence-electron chi connectivity index (χ3n) is 6.90. The number of fused-ring (bicyclic) bond motifs is 1. The van der Waals surface area contributed by atoms with Gasteiger partial charge in [-0.25, -0.2) is 0 Å². The molecule has 1 heterocycles. The highest BCUT2D eigenvalue weighted by molar-refractivity contribution is 9.10. The van der Waals surface area contributed by atoms with Gasteiger partial charge in [-0.1, -0.05) is 80.6 Å². The van der Waals surface area contributed by atoms with Crippen LogP contribution in [0, 0.1) is 0 Å². The van der Waals surface area contributed by atoms with Gasteiger partial charge < -0.3 is 0 Å². The fraction of sp³-hybridized carbons (Fsp3) is 0.440. The minimum atomic E-state index is -2.40. The Labute approximate surface area is 209 Å². The maximum absolute atomic E-state index is 7.84. The number of hydrogen-bond donors (Lipinski definition) is 0. The van der Waals surface area contributed by atoms with Crippen LogP contribution in [0.2, 0.25) is 6.04 Å². The lowest BCUT2D eigenvalue weighted by Gasteiger charge is -2.38. The van der Waals surface area contributed by atoms with Gasteiger partial charge in [0.2, 0.25) is 0 Å². The van der Waals surface area contributed by atoms with E-state index in [1.807, 2.05) is 0 Å².